The Morgan fingerprint density at radius 2 is 2.27 bits per heavy atom. The molecule has 0 saturated heterocycles. The molecule has 0 N–H and O–H groups in total. The molecule has 0 spiro atoms. The lowest BCUT2D eigenvalue weighted by atomic mass is 10.2. The minimum Gasteiger partial charge on any atom is -0.442 e. The summed E-state index contributed by atoms with van der Waals surface area (Å²) in [5.74, 6) is 0. The van der Waals surface area contributed by atoms with Gasteiger partial charge in [-0.1, -0.05) is 11.6 Å². The largest absolute Gasteiger partial charge is 0.442 e. The second kappa shape index (κ2) is 2.24. The SMILES string of the molecule is Cc1cc(Cl)c2ocnc2c1. The number of aromatic nitrogens is 1. The van der Waals surface area contributed by atoms with Gasteiger partial charge >= 0.3 is 0 Å². The van der Waals surface area contributed by atoms with E-state index in [-0.39, 0.29) is 0 Å². The molecular weight excluding hydrogens is 162 g/mol. The quantitative estimate of drug-likeness (QED) is 0.603. The highest BCUT2D eigenvalue weighted by molar-refractivity contribution is 6.34. The molecule has 1 aromatic heterocycles. The third-order valence-corrected chi connectivity index (χ3v) is 1.81. The first-order chi connectivity index (χ1) is 5.27. The van der Waals surface area contributed by atoms with Crippen molar-refractivity contribution >= 4 is 22.7 Å². The lowest BCUT2D eigenvalue weighted by Gasteiger charge is -1.92. The average molecular weight is 168 g/mol. The summed E-state index contributed by atoms with van der Waals surface area (Å²) in [6, 6.07) is 3.79. The number of oxazole rings is 1. The Bertz CT molecular complexity index is 394. The maximum Gasteiger partial charge on any atom is 0.182 e. The van der Waals surface area contributed by atoms with E-state index in [9.17, 15) is 0 Å². The van der Waals surface area contributed by atoms with Gasteiger partial charge in [0.1, 0.15) is 5.52 Å². The van der Waals surface area contributed by atoms with Crippen molar-refractivity contribution in [3.8, 4) is 0 Å². The predicted molar refractivity (Wildman–Crippen MR) is 43.8 cm³/mol. The molecule has 56 valence electrons. The number of hydrogen-bond acceptors (Lipinski definition) is 2. The highest BCUT2D eigenvalue weighted by Gasteiger charge is 2.03. The van der Waals surface area contributed by atoms with Crippen molar-refractivity contribution in [1.29, 1.82) is 0 Å². The van der Waals surface area contributed by atoms with Gasteiger partial charge < -0.3 is 4.42 Å². The fraction of sp³-hybridized carbons (Fsp3) is 0.125. The van der Waals surface area contributed by atoms with E-state index < -0.39 is 0 Å². The lowest BCUT2D eigenvalue weighted by molar-refractivity contribution is 0.602. The van der Waals surface area contributed by atoms with E-state index in [2.05, 4.69) is 4.98 Å². The smallest absolute Gasteiger partial charge is 0.182 e. The first-order valence-electron chi connectivity index (χ1n) is 3.27. The molecule has 0 atom stereocenters. The van der Waals surface area contributed by atoms with Crippen LogP contribution in [0.4, 0.5) is 0 Å². The van der Waals surface area contributed by atoms with Crippen LogP contribution in [0, 0.1) is 6.92 Å². The number of nitrogens with zero attached hydrogens (tertiary/aromatic N) is 1. The zero-order valence-corrected chi connectivity index (χ0v) is 6.72. The number of benzene rings is 1. The third kappa shape index (κ3) is 0.994. The number of aryl methyl sites for hydroxylation is 1. The molecule has 1 heterocycles. The van der Waals surface area contributed by atoms with Crippen LogP contribution in [0.15, 0.2) is 22.9 Å². The van der Waals surface area contributed by atoms with Crippen LogP contribution in [0.5, 0.6) is 0 Å². The van der Waals surface area contributed by atoms with Crippen molar-refractivity contribution in [1.82, 2.24) is 4.98 Å². The summed E-state index contributed by atoms with van der Waals surface area (Å²) in [7, 11) is 0. The van der Waals surface area contributed by atoms with Gasteiger partial charge in [0, 0.05) is 0 Å². The zero-order chi connectivity index (χ0) is 7.84. The lowest BCUT2D eigenvalue weighted by Crippen LogP contribution is -1.73. The van der Waals surface area contributed by atoms with Gasteiger partial charge in [0.25, 0.3) is 0 Å². The van der Waals surface area contributed by atoms with Gasteiger partial charge in [0.05, 0.1) is 5.02 Å². The van der Waals surface area contributed by atoms with E-state index in [0.717, 1.165) is 11.1 Å². The molecule has 3 heteroatoms. The standard InChI is InChI=1S/C8H6ClNO/c1-5-2-6(9)8-7(3-5)10-4-11-8/h2-4H,1H3. The van der Waals surface area contributed by atoms with Gasteiger partial charge in [-0.15, -0.1) is 0 Å². The summed E-state index contributed by atoms with van der Waals surface area (Å²) >= 11 is 5.87. The van der Waals surface area contributed by atoms with Crippen molar-refractivity contribution in [2.45, 2.75) is 6.92 Å². The summed E-state index contributed by atoms with van der Waals surface area (Å²) in [5.41, 5.74) is 2.57. The average Bonchev–Trinajstić information content (AvgIpc) is 2.34. The van der Waals surface area contributed by atoms with Gasteiger partial charge in [-0.05, 0) is 24.6 Å². The highest BCUT2D eigenvalue weighted by Crippen LogP contribution is 2.23. The van der Waals surface area contributed by atoms with Crippen LogP contribution in [-0.2, 0) is 0 Å². The molecule has 0 bridgehead atoms. The molecule has 2 aromatic rings. The van der Waals surface area contributed by atoms with E-state index in [1.807, 2.05) is 19.1 Å². The van der Waals surface area contributed by atoms with Crippen molar-refractivity contribution in [3.05, 3.63) is 29.1 Å². The third-order valence-electron chi connectivity index (χ3n) is 1.53. The van der Waals surface area contributed by atoms with Crippen LogP contribution in [0.3, 0.4) is 0 Å². The van der Waals surface area contributed by atoms with E-state index in [4.69, 9.17) is 16.0 Å². The van der Waals surface area contributed by atoms with Crippen LogP contribution in [0.1, 0.15) is 5.56 Å². The summed E-state index contributed by atoms with van der Waals surface area (Å²) in [4.78, 5) is 3.99. The Morgan fingerprint density at radius 3 is 3.09 bits per heavy atom. The Kier molecular flexibility index (Phi) is 1.36. The molecule has 2 rings (SSSR count). The molecule has 0 saturated carbocycles. The monoisotopic (exact) mass is 167 g/mol. The summed E-state index contributed by atoms with van der Waals surface area (Å²) in [6.07, 6.45) is 1.40. The fourth-order valence-corrected chi connectivity index (χ4v) is 1.37. The molecule has 0 aliphatic rings. The molecular formula is C8H6ClNO. The molecule has 0 fully saturated rings. The summed E-state index contributed by atoms with van der Waals surface area (Å²) in [6.45, 7) is 1.97. The van der Waals surface area contributed by atoms with Gasteiger partial charge in [-0.3, -0.25) is 0 Å². The van der Waals surface area contributed by atoms with Crippen LogP contribution in [-0.4, -0.2) is 4.98 Å². The second-order valence-electron chi connectivity index (χ2n) is 2.45. The molecule has 0 aliphatic heterocycles. The number of halogens is 1. The van der Waals surface area contributed by atoms with Gasteiger partial charge in [0.2, 0.25) is 0 Å². The molecule has 0 unspecified atom stereocenters. The number of rotatable bonds is 0. The Labute approximate surface area is 68.8 Å². The normalized spacial score (nSPS) is 10.7. The number of hydrogen-bond donors (Lipinski definition) is 0. The maximum absolute atomic E-state index is 5.87. The second-order valence-corrected chi connectivity index (χ2v) is 2.85. The topological polar surface area (TPSA) is 26.0 Å². The molecule has 1 aromatic carbocycles. The van der Waals surface area contributed by atoms with E-state index in [1.165, 1.54) is 6.39 Å². The first-order valence-corrected chi connectivity index (χ1v) is 3.64. The van der Waals surface area contributed by atoms with E-state index >= 15 is 0 Å². The predicted octanol–water partition coefficient (Wildman–Crippen LogP) is 2.79. The molecule has 0 amide bonds. The first kappa shape index (κ1) is 6.68. The van der Waals surface area contributed by atoms with E-state index in [0.29, 0.717) is 10.6 Å². The van der Waals surface area contributed by atoms with Gasteiger partial charge in [-0.2, -0.15) is 0 Å². The zero-order valence-electron chi connectivity index (χ0n) is 5.97. The van der Waals surface area contributed by atoms with Crippen molar-refractivity contribution in [2.75, 3.05) is 0 Å². The van der Waals surface area contributed by atoms with Gasteiger partial charge in [-0.25, -0.2) is 4.98 Å². The fourth-order valence-electron chi connectivity index (χ4n) is 1.06. The van der Waals surface area contributed by atoms with Crippen LogP contribution in [0.25, 0.3) is 11.1 Å². The molecule has 11 heavy (non-hydrogen) atoms. The van der Waals surface area contributed by atoms with Crippen LogP contribution >= 0.6 is 11.6 Å². The Hall–Kier alpha value is -1.02. The minimum atomic E-state index is 0.623. The molecule has 0 radical (unpaired) electrons. The summed E-state index contributed by atoms with van der Waals surface area (Å²) in [5, 5.41) is 0.623. The molecule has 2 nitrogen and oxygen atoms in total. The van der Waals surface area contributed by atoms with Crippen LogP contribution in [0.2, 0.25) is 5.02 Å². The maximum atomic E-state index is 5.87. The minimum absolute atomic E-state index is 0.623. The molecule has 0 aliphatic carbocycles. The van der Waals surface area contributed by atoms with E-state index in [1.54, 1.807) is 0 Å². The van der Waals surface area contributed by atoms with Crippen molar-refractivity contribution < 1.29 is 4.42 Å². The summed E-state index contributed by atoms with van der Waals surface area (Å²) < 4.78 is 5.06. The van der Waals surface area contributed by atoms with Crippen molar-refractivity contribution in [3.63, 3.8) is 0 Å². The highest BCUT2D eigenvalue weighted by atomic mass is 35.5. The van der Waals surface area contributed by atoms with Crippen LogP contribution < -0.4 is 0 Å². The Balaban J connectivity index is 2.91. The van der Waals surface area contributed by atoms with Crippen molar-refractivity contribution in [2.24, 2.45) is 0 Å². The van der Waals surface area contributed by atoms with Gasteiger partial charge in [0.15, 0.2) is 12.0 Å². The number of fused-ring (bicyclic) bond motifs is 1. The Morgan fingerprint density at radius 1 is 1.45 bits per heavy atom.